The van der Waals surface area contributed by atoms with Gasteiger partial charge in [0.25, 0.3) is 5.91 Å². The number of ether oxygens (including phenoxy) is 1. The summed E-state index contributed by atoms with van der Waals surface area (Å²) < 4.78 is 19.1. The third-order valence-electron chi connectivity index (χ3n) is 7.07. The molecule has 5 rings (SSSR count). The summed E-state index contributed by atoms with van der Waals surface area (Å²) in [6.45, 7) is 4.49. The van der Waals surface area contributed by atoms with Gasteiger partial charge < -0.3 is 15.0 Å². The van der Waals surface area contributed by atoms with E-state index < -0.39 is 6.04 Å². The molecule has 2 aliphatic heterocycles. The van der Waals surface area contributed by atoms with Crippen LogP contribution in [0, 0.1) is 5.82 Å². The Hall–Kier alpha value is -3.55. The number of hydrogen-bond donors (Lipinski definition) is 1. The van der Waals surface area contributed by atoms with Crippen LogP contribution in [0.15, 0.2) is 78.9 Å². The van der Waals surface area contributed by atoms with E-state index in [2.05, 4.69) is 10.2 Å². The summed E-state index contributed by atoms with van der Waals surface area (Å²) in [5.41, 5.74) is 2.95. The molecule has 0 spiro atoms. The number of nitrogens with one attached hydrogen (secondary N) is 1. The summed E-state index contributed by atoms with van der Waals surface area (Å²) in [4.78, 5) is 31.3. The molecule has 0 aliphatic carbocycles. The quantitative estimate of drug-likeness (QED) is 0.567. The summed E-state index contributed by atoms with van der Waals surface area (Å²) in [5, 5.41) is 3.11. The van der Waals surface area contributed by atoms with E-state index in [1.54, 1.807) is 4.90 Å². The minimum Gasteiger partial charge on any atom is -0.379 e. The standard InChI is InChI=1S/C29H30FN3O3/c1-20-19-25(27(32-15-17-36-18-16-32)28(34)31-23-7-3-2-4-8-23)24-9-5-6-10-26(24)33(20)29(35)21-11-13-22(30)14-12-21/h2-14,20,25,27H,15-19H2,1H3,(H,31,34)/t20-,25+,27?/m0/s1. The first-order valence-electron chi connectivity index (χ1n) is 12.4. The number of anilines is 2. The fraction of sp³-hybridized carbons (Fsp3) is 0.310. The predicted molar refractivity (Wildman–Crippen MR) is 138 cm³/mol. The summed E-state index contributed by atoms with van der Waals surface area (Å²) in [5.74, 6) is -0.731. The Morgan fingerprint density at radius 3 is 2.33 bits per heavy atom. The van der Waals surface area contributed by atoms with Crippen LogP contribution < -0.4 is 10.2 Å². The van der Waals surface area contributed by atoms with Crippen molar-refractivity contribution in [2.75, 3.05) is 36.5 Å². The van der Waals surface area contributed by atoms with Crippen molar-refractivity contribution < 1.29 is 18.7 Å². The molecule has 3 aromatic rings. The lowest BCUT2D eigenvalue weighted by molar-refractivity contribution is -0.124. The first-order chi connectivity index (χ1) is 17.5. The maximum atomic E-state index is 13.8. The van der Waals surface area contributed by atoms with Gasteiger partial charge in [-0.15, -0.1) is 0 Å². The molecule has 2 heterocycles. The first kappa shape index (κ1) is 24.2. The Bertz CT molecular complexity index is 1210. The zero-order valence-corrected chi connectivity index (χ0v) is 20.3. The van der Waals surface area contributed by atoms with E-state index in [1.807, 2.05) is 61.5 Å². The van der Waals surface area contributed by atoms with Crippen molar-refractivity contribution >= 4 is 23.2 Å². The zero-order valence-electron chi connectivity index (χ0n) is 20.3. The van der Waals surface area contributed by atoms with Gasteiger partial charge >= 0.3 is 0 Å². The smallest absolute Gasteiger partial charge is 0.258 e. The number of halogens is 1. The van der Waals surface area contributed by atoms with Gasteiger partial charge in [0, 0.05) is 42.0 Å². The topological polar surface area (TPSA) is 61.9 Å². The van der Waals surface area contributed by atoms with Crippen molar-refractivity contribution in [1.29, 1.82) is 0 Å². The summed E-state index contributed by atoms with van der Waals surface area (Å²) in [6.07, 6.45) is 0.619. The van der Waals surface area contributed by atoms with Crippen molar-refractivity contribution in [3.63, 3.8) is 0 Å². The zero-order chi connectivity index (χ0) is 25.1. The SMILES string of the molecule is C[C@H]1C[C@@H](C(C(=O)Nc2ccccc2)N2CCOCC2)c2ccccc2N1C(=O)c1ccc(F)cc1. The molecule has 36 heavy (non-hydrogen) atoms. The number of amides is 2. The van der Waals surface area contributed by atoms with Crippen LogP contribution in [-0.4, -0.2) is 55.1 Å². The molecule has 0 bridgehead atoms. The van der Waals surface area contributed by atoms with Gasteiger partial charge in [0.15, 0.2) is 0 Å². The average molecular weight is 488 g/mol. The van der Waals surface area contributed by atoms with E-state index >= 15 is 0 Å². The minimum atomic E-state index is -0.416. The number of nitrogens with zero attached hydrogens (tertiary/aromatic N) is 2. The molecule has 2 amide bonds. The van der Waals surface area contributed by atoms with Crippen molar-refractivity contribution in [3.8, 4) is 0 Å². The molecular weight excluding hydrogens is 457 g/mol. The number of morpholine rings is 1. The van der Waals surface area contributed by atoms with Gasteiger partial charge in [-0.05, 0) is 61.4 Å². The van der Waals surface area contributed by atoms with Gasteiger partial charge in [0.05, 0.1) is 19.3 Å². The number of fused-ring (bicyclic) bond motifs is 1. The summed E-state index contributed by atoms with van der Waals surface area (Å²) >= 11 is 0. The highest BCUT2D eigenvalue weighted by molar-refractivity contribution is 6.07. The molecule has 3 atom stereocenters. The highest BCUT2D eigenvalue weighted by Gasteiger charge is 2.42. The predicted octanol–water partition coefficient (Wildman–Crippen LogP) is 4.69. The minimum absolute atomic E-state index is 0.0617. The van der Waals surface area contributed by atoms with Crippen LogP contribution >= 0.6 is 0 Å². The van der Waals surface area contributed by atoms with Crippen molar-refractivity contribution in [3.05, 3.63) is 95.8 Å². The number of carbonyl (C=O) groups excluding carboxylic acids is 2. The van der Waals surface area contributed by atoms with Crippen LogP contribution in [0.25, 0.3) is 0 Å². The molecule has 0 radical (unpaired) electrons. The van der Waals surface area contributed by atoms with E-state index in [0.29, 0.717) is 38.3 Å². The molecule has 2 aliphatic rings. The molecule has 1 unspecified atom stereocenters. The van der Waals surface area contributed by atoms with Gasteiger partial charge in [-0.1, -0.05) is 36.4 Å². The monoisotopic (exact) mass is 487 g/mol. The Kier molecular flexibility index (Phi) is 7.11. The number of carbonyl (C=O) groups is 2. The molecule has 1 N–H and O–H groups in total. The van der Waals surface area contributed by atoms with E-state index in [-0.39, 0.29) is 29.6 Å². The Morgan fingerprint density at radius 2 is 1.61 bits per heavy atom. The summed E-state index contributed by atoms with van der Waals surface area (Å²) in [7, 11) is 0. The fourth-order valence-corrected chi connectivity index (χ4v) is 5.39. The third kappa shape index (κ3) is 4.90. The van der Waals surface area contributed by atoms with Crippen LogP contribution in [0.4, 0.5) is 15.8 Å². The average Bonchev–Trinajstić information content (AvgIpc) is 2.90. The van der Waals surface area contributed by atoms with E-state index in [1.165, 1.54) is 24.3 Å². The molecule has 1 saturated heterocycles. The maximum absolute atomic E-state index is 13.8. The first-order valence-corrected chi connectivity index (χ1v) is 12.4. The van der Waals surface area contributed by atoms with E-state index in [9.17, 15) is 14.0 Å². The second-order valence-corrected chi connectivity index (χ2v) is 9.38. The number of rotatable bonds is 5. The molecule has 7 heteroatoms. The lowest BCUT2D eigenvalue weighted by Gasteiger charge is -2.45. The number of hydrogen-bond acceptors (Lipinski definition) is 4. The molecule has 6 nitrogen and oxygen atoms in total. The summed E-state index contributed by atoms with van der Waals surface area (Å²) in [6, 6.07) is 22.4. The number of para-hydroxylation sites is 2. The van der Waals surface area contributed by atoms with Crippen molar-refractivity contribution in [2.45, 2.75) is 31.3 Å². The molecule has 186 valence electrons. The third-order valence-corrected chi connectivity index (χ3v) is 7.07. The lowest BCUT2D eigenvalue weighted by Crippen LogP contribution is -2.55. The van der Waals surface area contributed by atoms with Crippen LogP contribution in [-0.2, 0) is 9.53 Å². The van der Waals surface area contributed by atoms with E-state index in [4.69, 9.17) is 4.74 Å². The Morgan fingerprint density at radius 1 is 0.944 bits per heavy atom. The lowest BCUT2D eigenvalue weighted by atomic mass is 9.79. The van der Waals surface area contributed by atoms with Gasteiger partial charge in [0.2, 0.25) is 5.91 Å². The Labute approximate surface area is 210 Å². The van der Waals surface area contributed by atoms with Crippen LogP contribution in [0.3, 0.4) is 0 Å². The number of benzene rings is 3. The van der Waals surface area contributed by atoms with Crippen LogP contribution in [0.1, 0.15) is 35.2 Å². The molecule has 3 aromatic carbocycles. The highest BCUT2D eigenvalue weighted by atomic mass is 19.1. The van der Waals surface area contributed by atoms with E-state index in [0.717, 1.165) is 16.9 Å². The maximum Gasteiger partial charge on any atom is 0.258 e. The van der Waals surface area contributed by atoms with Gasteiger partial charge in [-0.3, -0.25) is 14.5 Å². The molecule has 0 saturated carbocycles. The van der Waals surface area contributed by atoms with Gasteiger partial charge in [0.1, 0.15) is 5.82 Å². The Balaban J connectivity index is 1.51. The van der Waals surface area contributed by atoms with Crippen LogP contribution in [0.2, 0.25) is 0 Å². The van der Waals surface area contributed by atoms with Crippen molar-refractivity contribution in [2.24, 2.45) is 0 Å². The largest absolute Gasteiger partial charge is 0.379 e. The molecular formula is C29H30FN3O3. The molecule has 1 fully saturated rings. The van der Waals surface area contributed by atoms with Crippen LogP contribution in [0.5, 0.6) is 0 Å². The normalized spacial score (nSPS) is 20.9. The second kappa shape index (κ2) is 10.6. The van der Waals surface area contributed by atoms with Gasteiger partial charge in [-0.2, -0.15) is 0 Å². The van der Waals surface area contributed by atoms with Crippen molar-refractivity contribution in [1.82, 2.24) is 4.90 Å². The van der Waals surface area contributed by atoms with Gasteiger partial charge in [-0.25, -0.2) is 4.39 Å². The fourth-order valence-electron chi connectivity index (χ4n) is 5.39. The highest BCUT2D eigenvalue weighted by Crippen LogP contribution is 2.42. The second-order valence-electron chi connectivity index (χ2n) is 9.38. The molecule has 0 aromatic heterocycles.